The second-order valence-electron chi connectivity index (χ2n) is 5.76. The normalized spacial score (nSPS) is 10.8. The van der Waals surface area contributed by atoms with Crippen LogP contribution in [-0.2, 0) is 4.79 Å². The number of rotatable bonds is 6. The highest BCUT2D eigenvalue weighted by Crippen LogP contribution is 2.29. The molecule has 0 atom stereocenters. The molecule has 0 unspecified atom stereocenters. The van der Waals surface area contributed by atoms with Gasteiger partial charge in [0.15, 0.2) is 5.13 Å². The number of carbonyl (C=O) groups is 1. The van der Waals surface area contributed by atoms with E-state index >= 15 is 0 Å². The van der Waals surface area contributed by atoms with Gasteiger partial charge in [0.05, 0.1) is 25.6 Å². The summed E-state index contributed by atoms with van der Waals surface area (Å²) >= 11 is 1.43. The number of thiazole rings is 1. The number of nitrogens with zero attached hydrogens (tertiary/aromatic N) is 2. The molecule has 5 nitrogen and oxygen atoms in total. The van der Waals surface area contributed by atoms with Crippen LogP contribution in [0.1, 0.15) is 11.3 Å². The van der Waals surface area contributed by atoms with E-state index in [2.05, 4.69) is 4.98 Å². The van der Waals surface area contributed by atoms with Gasteiger partial charge in [-0.2, -0.15) is 0 Å². The fraction of sp³-hybridized carbons (Fsp3) is 0.143. The number of hydrogen-bond acceptors (Lipinski definition) is 5. The summed E-state index contributed by atoms with van der Waals surface area (Å²) in [5.74, 6) is 1.14. The van der Waals surface area contributed by atoms with Crippen molar-refractivity contribution in [2.75, 3.05) is 19.1 Å². The maximum Gasteiger partial charge on any atom is 0.257 e. The van der Waals surface area contributed by atoms with Gasteiger partial charge < -0.3 is 9.47 Å². The third-order valence-corrected chi connectivity index (χ3v) is 4.77. The van der Waals surface area contributed by atoms with Crippen LogP contribution >= 0.6 is 11.3 Å². The lowest BCUT2D eigenvalue weighted by atomic mass is 10.2. The Morgan fingerprint density at radius 2 is 1.74 bits per heavy atom. The highest BCUT2D eigenvalue weighted by molar-refractivity contribution is 7.14. The summed E-state index contributed by atoms with van der Waals surface area (Å²) < 4.78 is 10.6. The van der Waals surface area contributed by atoms with Crippen molar-refractivity contribution >= 4 is 34.1 Å². The van der Waals surface area contributed by atoms with E-state index in [1.807, 2.05) is 54.8 Å². The second kappa shape index (κ2) is 8.51. The van der Waals surface area contributed by atoms with Gasteiger partial charge in [0, 0.05) is 17.5 Å². The number of amides is 1. The predicted octanol–water partition coefficient (Wildman–Crippen LogP) is 4.85. The van der Waals surface area contributed by atoms with Gasteiger partial charge in [0.25, 0.3) is 5.91 Å². The molecular weight excluding hydrogens is 360 g/mol. The second-order valence-corrected chi connectivity index (χ2v) is 6.60. The number of aryl methyl sites for hydroxylation is 1. The van der Waals surface area contributed by atoms with Gasteiger partial charge in [-0.05, 0) is 42.8 Å². The van der Waals surface area contributed by atoms with Crippen LogP contribution in [0.3, 0.4) is 0 Å². The fourth-order valence-electron chi connectivity index (χ4n) is 2.52. The van der Waals surface area contributed by atoms with E-state index in [0.29, 0.717) is 16.6 Å². The lowest BCUT2D eigenvalue weighted by Gasteiger charge is -2.18. The van der Waals surface area contributed by atoms with Crippen molar-refractivity contribution in [1.29, 1.82) is 0 Å². The molecule has 0 bridgehead atoms. The molecule has 1 amide bonds. The largest absolute Gasteiger partial charge is 0.497 e. The van der Waals surface area contributed by atoms with Gasteiger partial charge in [0.1, 0.15) is 11.5 Å². The molecular formula is C21H20N2O3S. The van der Waals surface area contributed by atoms with E-state index in [1.165, 1.54) is 17.4 Å². The summed E-state index contributed by atoms with van der Waals surface area (Å²) in [5, 5.41) is 2.56. The molecule has 3 aromatic rings. The first-order valence-electron chi connectivity index (χ1n) is 8.33. The number of aromatic nitrogens is 1. The first kappa shape index (κ1) is 18.7. The van der Waals surface area contributed by atoms with Crippen LogP contribution in [0, 0.1) is 6.92 Å². The molecule has 0 spiro atoms. The van der Waals surface area contributed by atoms with Crippen molar-refractivity contribution in [2.24, 2.45) is 0 Å². The van der Waals surface area contributed by atoms with Crippen LogP contribution in [0.4, 0.5) is 10.8 Å². The fourth-order valence-corrected chi connectivity index (χ4v) is 3.35. The molecule has 0 aliphatic carbocycles. The van der Waals surface area contributed by atoms with Crippen molar-refractivity contribution in [3.8, 4) is 11.5 Å². The van der Waals surface area contributed by atoms with E-state index in [4.69, 9.17) is 9.47 Å². The van der Waals surface area contributed by atoms with Crippen molar-refractivity contribution < 1.29 is 14.3 Å². The average molecular weight is 380 g/mol. The summed E-state index contributed by atoms with van der Waals surface area (Å²) in [6.07, 6.45) is 3.27. The zero-order valence-corrected chi connectivity index (χ0v) is 16.2. The molecule has 1 heterocycles. The molecule has 0 N–H and O–H groups in total. The number of anilines is 2. The summed E-state index contributed by atoms with van der Waals surface area (Å²) in [7, 11) is 3.19. The summed E-state index contributed by atoms with van der Waals surface area (Å²) in [4.78, 5) is 19.0. The molecule has 0 fully saturated rings. The van der Waals surface area contributed by atoms with E-state index in [-0.39, 0.29) is 5.91 Å². The maximum atomic E-state index is 13.0. The Bertz CT molecular complexity index is 929. The average Bonchev–Trinajstić information content (AvgIpc) is 3.12. The van der Waals surface area contributed by atoms with E-state index in [1.54, 1.807) is 31.3 Å². The molecule has 6 heteroatoms. The van der Waals surface area contributed by atoms with Crippen LogP contribution in [0.5, 0.6) is 11.5 Å². The van der Waals surface area contributed by atoms with Crippen LogP contribution in [0.2, 0.25) is 0 Å². The molecule has 3 rings (SSSR count). The molecule has 0 saturated heterocycles. The van der Waals surface area contributed by atoms with Gasteiger partial charge in [-0.25, -0.2) is 4.98 Å². The standard InChI is InChI=1S/C21H20N2O3S/c1-15-14-27-21(22-15)23(17-7-5-4-6-8-17)20(24)10-9-16-11-18(25-2)13-19(12-16)26-3/h4-14H,1-3H3/b10-9+. The Balaban J connectivity index is 1.92. The monoisotopic (exact) mass is 380 g/mol. The minimum absolute atomic E-state index is 0.183. The lowest BCUT2D eigenvalue weighted by Crippen LogP contribution is -2.23. The topological polar surface area (TPSA) is 51.7 Å². The van der Waals surface area contributed by atoms with Gasteiger partial charge in [-0.1, -0.05) is 18.2 Å². The first-order valence-corrected chi connectivity index (χ1v) is 9.21. The van der Waals surface area contributed by atoms with Crippen LogP contribution in [0.15, 0.2) is 60.0 Å². The predicted molar refractivity (Wildman–Crippen MR) is 109 cm³/mol. The molecule has 0 saturated carbocycles. The highest BCUT2D eigenvalue weighted by Gasteiger charge is 2.18. The summed E-state index contributed by atoms with van der Waals surface area (Å²) in [6, 6.07) is 14.9. The number of ether oxygens (including phenoxy) is 2. The van der Waals surface area contributed by atoms with Crippen molar-refractivity contribution in [3.63, 3.8) is 0 Å². The Kier molecular flexibility index (Phi) is 5.88. The maximum absolute atomic E-state index is 13.0. The van der Waals surface area contributed by atoms with E-state index < -0.39 is 0 Å². The Hall–Kier alpha value is -3.12. The molecule has 0 radical (unpaired) electrons. The van der Waals surface area contributed by atoms with Gasteiger partial charge >= 0.3 is 0 Å². The number of methoxy groups -OCH3 is 2. The van der Waals surface area contributed by atoms with Gasteiger partial charge in [0.2, 0.25) is 0 Å². The molecule has 0 aliphatic heterocycles. The third-order valence-electron chi connectivity index (χ3n) is 3.83. The van der Waals surface area contributed by atoms with Crippen LogP contribution < -0.4 is 14.4 Å². The SMILES string of the molecule is COc1cc(/C=C/C(=O)N(c2ccccc2)c2nc(C)cs2)cc(OC)c1. The summed E-state index contributed by atoms with van der Waals surface area (Å²) in [5.41, 5.74) is 2.46. The van der Waals surface area contributed by atoms with Gasteiger partial charge in [-0.15, -0.1) is 11.3 Å². The smallest absolute Gasteiger partial charge is 0.257 e. The third kappa shape index (κ3) is 4.54. The Morgan fingerprint density at radius 1 is 1.07 bits per heavy atom. The zero-order valence-electron chi connectivity index (χ0n) is 15.4. The Labute approximate surface area is 162 Å². The van der Waals surface area contributed by atoms with Crippen molar-refractivity contribution in [1.82, 2.24) is 4.98 Å². The molecule has 27 heavy (non-hydrogen) atoms. The van der Waals surface area contributed by atoms with Crippen LogP contribution in [0.25, 0.3) is 6.08 Å². The van der Waals surface area contributed by atoms with Crippen molar-refractivity contribution in [2.45, 2.75) is 6.92 Å². The first-order chi connectivity index (χ1) is 13.1. The molecule has 2 aromatic carbocycles. The number of benzene rings is 2. The molecule has 1 aromatic heterocycles. The zero-order chi connectivity index (χ0) is 19.2. The molecule has 0 aliphatic rings. The van der Waals surface area contributed by atoms with Crippen molar-refractivity contribution in [3.05, 3.63) is 71.2 Å². The minimum atomic E-state index is -0.183. The number of hydrogen-bond donors (Lipinski definition) is 0. The minimum Gasteiger partial charge on any atom is -0.497 e. The number of para-hydroxylation sites is 1. The van der Waals surface area contributed by atoms with E-state index in [9.17, 15) is 4.79 Å². The molecule has 138 valence electrons. The highest BCUT2D eigenvalue weighted by atomic mass is 32.1. The quantitative estimate of drug-likeness (QED) is 0.574. The van der Waals surface area contributed by atoms with Crippen LogP contribution in [-0.4, -0.2) is 25.1 Å². The lowest BCUT2D eigenvalue weighted by molar-refractivity contribution is -0.113. The van der Waals surface area contributed by atoms with Gasteiger partial charge in [-0.3, -0.25) is 9.69 Å². The summed E-state index contributed by atoms with van der Waals surface area (Å²) in [6.45, 7) is 1.91. The van der Waals surface area contributed by atoms with E-state index in [0.717, 1.165) is 16.9 Å². The Morgan fingerprint density at radius 3 is 2.30 bits per heavy atom. The number of carbonyl (C=O) groups excluding carboxylic acids is 1.